The molecule has 0 aromatic carbocycles. The molecule has 0 saturated carbocycles. The van der Waals surface area contributed by atoms with Gasteiger partial charge >= 0.3 is 0 Å². The lowest BCUT2D eigenvalue weighted by atomic mass is 9.92. The molecule has 0 aliphatic rings. The predicted octanol–water partition coefficient (Wildman–Crippen LogP) is 2.79. The molecule has 2 heteroatoms. The normalized spacial score (nSPS) is 12.5. The highest BCUT2D eigenvalue weighted by Crippen LogP contribution is 2.19. The summed E-state index contributed by atoms with van der Waals surface area (Å²) in [5.74, 6) is 0. The summed E-state index contributed by atoms with van der Waals surface area (Å²) in [6, 6.07) is 2.15. The number of nitriles is 1. The monoisotopic (exact) mass is 162 g/mol. The van der Waals surface area contributed by atoms with E-state index in [1.807, 2.05) is 27.7 Å². The maximum Gasteiger partial charge on any atom is 0.245 e. The number of hydrogen-bond donors (Lipinski definition) is 0. The second-order valence-electron chi connectivity index (χ2n) is 3.93. The molecule has 64 valence electrons. The molecule has 0 aliphatic heterocycles. The van der Waals surface area contributed by atoms with Gasteiger partial charge in [0.15, 0.2) is 0 Å². The smallest absolute Gasteiger partial charge is 0.245 e. The lowest BCUT2D eigenvalue weighted by Gasteiger charge is -2.10. The molecule has 0 saturated heterocycles. The molecule has 0 aliphatic carbocycles. The van der Waals surface area contributed by atoms with E-state index in [1.54, 1.807) is 12.2 Å². The minimum Gasteiger partial charge on any atom is -0.307 e. The van der Waals surface area contributed by atoms with Gasteiger partial charge in [0.1, 0.15) is 0 Å². The first-order valence-corrected chi connectivity index (χ1v) is 3.83. The molecule has 0 spiro atoms. The molecule has 2 nitrogen and oxygen atoms in total. The van der Waals surface area contributed by atoms with Crippen LogP contribution in [0, 0.1) is 23.3 Å². The van der Waals surface area contributed by atoms with Gasteiger partial charge in [-0.3, -0.25) is 0 Å². The quantitative estimate of drug-likeness (QED) is 0.453. The Labute approximate surface area is 74.3 Å². The second kappa shape index (κ2) is 3.41. The van der Waals surface area contributed by atoms with Gasteiger partial charge in [-0.2, -0.15) is 5.26 Å². The number of nitrogens with zero attached hydrogens (tertiary/aromatic N) is 2. The highest BCUT2D eigenvalue weighted by molar-refractivity contribution is 5.16. The van der Waals surface area contributed by atoms with E-state index in [9.17, 15) is 0 Å². The summed E-state index contributed by atoms with van der Waals surface area (Å²) in [7, 11) is 0. The average molecular weight is 162 g/mol. The minimum atomic E-state index is -0.492. The lowest BCUT2D eigenvalue weighted by Crippen LogP contribution is -2.12. The van der Waals surface area contributed by atoms with Crippen molar-refractivity contribution in [1.29, 1.82) is 5.26 Å². The molecular weight excluding hydrogens is 148 g/mol. The molecule has 0 heterocycles. The second-order valence-corrected chi connectivity index (χ2v) is 3.93. The van der Waals surface area contributed by atoms with Crippen LogP contribution in [-0.2, 0) is 0 Å². The fourth-order valence-electron chi connectivity index (χ4n) is 0.487. The number of rotatable bonds is 2. The van der Waals surface area contributed by atoms with Crippen molar-refractivity contribution in [3.63, 3.8) is 0 Å². The van der Waals surface area contributed by atoms with E-state index in [1.165, 1.54) is 0 Å². The Morgan fingerprint density at radius 3 is 2.08 bits per heavy atom. The molecule has 0 bridgehead atoms. The van der Waals surface area contributed by atoms with Crippen LogP contribution in [0.15, 0.2) is 12.2 Å². The molecule has 0 atom stereocenters. The van der Waals surface area contributed by atoms with Gasteiger partial charge in [-0.05, 0) is 19.9 Å². The molecule has 0 rings (SSSR count). The van der Waals surface area contributed by atoms with E-state index < -0.39 is 11.0 Å². The first-order chi connectivity index (χ1) is 5.33. The van der Waals surface area contributed by atoms with E-state index >= 15 is 0 Å². The van der Waals surface area contributed by atoms with E-state index in [2.05, 4.69) is 10.9 Å². The third-order valence-corrected chi connectivity index (χ3v) is 1.48. The molecule has 0 radical (unpaired) electrons. The Balaban J connectivity index is 4.50. The van der Waals surface area contributed by atoms with Crippen molar-refractivity contribution in [2.75, 3.05) is 0 Å². The van der Waals surface area contributed by atoms with E-state index in [-0.39, 0.29) is 0 Å². The molecule has 12 heavy (non-hydrogen) atoms. The van der Waals surface area contributed by atoms with Crippen LogP contribution >= 0.6 is 0 Å². The lowest BCUT2D eigenvalue weighted by molar-refractivity contribution is 0.630. The highest BCUT2D eigenvalue weighted by Gasteiger charge is 2.20. The van der Waals surface area contributed by atoms with Crippen molar-refractivity contribution in [3.8, 4) is 6.07 Å². The summed E-state index contributed by atoms with van der Waals surface area (Å²) >= 11 is 0. The van der Waals surface area contributed by atoms with Crippen molar-refractivity contribution in [2.24, 2.45) is 5.41 Å². The van der Waals surface area contributed by atoms with Gasteiger partial charge < -0.3 is 4.85 Å². The average Bonchev–Trinajstić information content (AvgIpc) is 2.02. The molecule has 0 aromatic heterocycles. The van der Waals surface area contributed by atoms with Crippen molar-refractivity contribution in [3.05, 3.63) is 23.6 Å². The van der Waals surface area contributed by atoms with Crippen molar-refractivity contribution in [2.45, 2.75) is 33.2 Å². The van der Waals surface area contributed by atoms with Gasteiger partial charge in [0.05, 0.1) is 11.5 Å². The van der Waals surface area contributed by atoms with Gasteiger partial charge in [-0.15, -0.1) is 0 Å². The highest BCUT2D eigenvalue weighted by atomic mass is 14.8. The summed E-state index contributed by atoms with van der Waals surface area (Å²) < 4.78 is 0. The molecule has 0 N–H and O–H groups in total. The van der Waals surface area contributed by atoms with Crippen LogP contribution < -0.4 is 0 Å². The Bertz CT molecular complexity index is 231. The van der Waals surface area contributed by atoms with Crippen LogP contribution in [0.5, 0.6) is 0 Å². The maximum atomic E-state index is 8.68. The summed E-state index contributed by atoms with van der Waals surface area (Å²) in [5, 5.41) is 8.68. The standard InChI is InChI=1S/C10H14N2/c1-9(2,8-11)6-7-10(3,4)12-5/h6-7H,1-4H3/b7-6+. The summed E-state index contributed by atoms with van der Waals surface area (Å²) in [4.78, 5) is 3.41. The van der Waals surface area contributed by atoms with Crippen LogP contribution in [0.4, 0.5) is 0 Å². The van der Waals surface area contributed by atoms with Crippen molar-refractivity contribution >= 4 is 0 Å². The van der Waals surface area contributed by atoms with Crippen LogP contribution in [0.3, 0.4) is 0 Å². The third-order valence-electron chi connectivity index (χ3n) is 1.48. The zero-order chi connectivity index (χ0) is 9.83. The van der Waals surface area contributed by atoms with E-state index in [0.29, 0.717) is 0 Å². The molecule has 0 unspecified atom stereocenters. The fraction of sp³-hybridized carbons (Fsp3) is 0.600. The predicted molar refractivity (Wildman–Crippen MR) is 49.2 cm³/mol. The van der Waals surface area contributed by atoms with Gasteiger partial charge in [0, 0.05) is 13.8 Å². The van der Waals surface area contributed by atoms with Gasteiger partial charge in [-0.25, -0.2) is 6.57 Å². The fourth-order valence-corrected chi connectivity index (χ4v) is 0.487. The van der Waals surface area contributed by atoms with Gasteiger partial charge in [-0.1, -0.05) is 6.08 Å². The molecule has 0 aromatic rings. The van der Waals surface area contributed by atoms with E-state index in [0.717, 1.165) is 0 Å². The van der Waals surface area contributed by atoms with Crippen LogP contribution in [-0.4, -0.2) is 5.54 Å². The number of allylic oxidation sites excluding steroid dienone is 1. The summed E-state index contributed by atoms with van der Waals surface area (Å²) in [5.41, 5.74) is -0.962. The van der Waals surface area contributed by atoms with E-state index in [4.69, 9.17) is 11.8 Å². The van der Waals surface area contributed by atoms with Crippen molar-refractivity contribution < 1.29 is 0 Å². The summed E-state index contributed by atoms with van der Waals surface area (Å²) in [6.07, 6.45) is 3.56. The Hall–Kier alpha value is -1.28. The topological polar surface area (TPSA) is 28.1 Å². The van der Waals surface area contributed by atoms with Crippen LogP contribution in [0.25, 0.3) is 4.85 Å². The zero-order valence-corrected chi connectivity index (χ0v) is 8.05. The summed E-state index contributed by atoms with van der Waals surface area (Å²) in [6.45, 7) is 14.2. The molecule has 0 fully saturated rings. The molecular formula is C10H14N2. The van der Waals surface area contributed by atoms with Gasteiger partial charge in [0.25, 0.3) is 0 Å². The number of hydrogen-bond acceptors (Lipinski definition) is 1. The SMILES string of the molecule is [C-]#[N+]C(C)(C)/C=C/C(C)(C)C#N. The largest absolute Gasteiger partial charge is 0.307 e. The first kappa shape index (κ1) is 10.7. The first-order valence-electron chi connectivity index (χ1n) is 3.83. The zero-order valence-electron chi connectivity index (χ0n) is 8.05. The van der Waals surface area contributed by atoms with Crippen LogP contribution in [0.2, 0.25) is 0 Å². The minimum absolute atomic E-state index is 0.470. The Morgan fingerprint density at radius 1 is 1.25 bits per heavy atom. The van der Waals surface area contributed by atoms with Crippen LogP contribution in [0.1, 0.15) is 27.7 Å². The van der Waals surface area contributed by atoms with Gasteiger partial charge in [0.2, 0.25) is 5.54 Å². The van der Waals surface area contributed by atoms with Crippen molar-refractivity contribution in [1.82, 2.24) is 0 Å². The Kier molecular flexibility index (Phi) is 3.05. The molecule has 0 amide bonds. The Morgan fingerprint density at radius 2 is 1.75 bits per heavy atom. The maximum absolute atomic E-state index is 8.68. The third kappa shape index (κ3) is 3.78.